The van der Waals surface area contributed by atoms with Gasteiger partial charge in [0, 0.05) is 5.56 Å². The van der Waals surface area contributed by atoms with E-state index in [0.717, 1.165) is 30.7 Å². The van der Waals surface area contributed by atoms with E-state index in [1.54, 1.807) is 12.1 Å². The number of para-hydroxylation sites is 2. The Morgan fingerprint density at radius 2 is 1.57 bits per heavy atom. The first kappa shape index (κ1) is 23.7. The number of ether oxygens (including phenoxy) is 2. The summed E-state index contributed by atoms with van der Waals surface area (Å²) in [7, 11) is 0. The lowest BCUT2D eigenvalue weighted by atomic mass is 10.2. The number of anilines is 1. The van der Waals surface area contributed by atoms with Crippen LogP contribution in [-0.2, 0) is 0 Å². The molecule has 0 atom stereocenters. The third-order valence-corrected chi connectivity index (χ3v) is 4.71. The molecule has 0 saturated carbocycles. The SMILES string of the molecule is CCCCCCOc1ccc(C(=O)NC(=S)Nc2ccccc2OCCCC)cc1. The molecule has 2 aromatic carbocycles. The average Bonchev–Trinajstić information content (AvgIpc) is 2.75. The van der Waals surface area contributed by atoms with Gasteiger partial charge in [-0.2, -0.15) is 0 Å². The monoisotopic (exact) mass is 428 g/mol. The number of carbonyl (C=O) groups is 1. The second kappa shape index (κ2) is 13.6. The Morgan fingerprint density at radius 3 is 2.30 bits per heavy atom. The largest absolute Gasteiger partial charge is 0.494 e. The van der Waals surface area contributed by atoms with Crippen molar-refractivity contribution in [3.05, 3.63) is 54.1 Å². The highest BCUT2D eigenvalue weighted by Gasteiger charge is 2.10. The lowest BCUT2D eigenvalue weighted by molar-refractivity contribution is 0.0977. The van der Waals surface area contributed by atoms with Crippen LogP contribution in [0.15, 0.2) is 48.5 Å². The zero-order chi connectivity index (χ0) is 21.6. The predicted molar refractivity (Wildman–Crippen MR) is 127 cm³/mol. The molecule has 0 unspecified atom stereocenters. The van der Waals surface area contributed by atoms with Gasteiger partial charge in [-0.15, -0.1) is 0 Å². The lowest BCUT2D eigenvalue weighted by Gasteiger charge is -2.14. The maximum absolute atomic E-state index is 12.5. The molecule has 0 aliphatic carbocycles. The van der Waals surface area contributed by atoms with Gasteiger partial charge in [0.15, 0.2) is 5.11 Å². The highest BCUT2D eigenvalue weighted by atomic mass is 32.1. The van der Waals surface area contributed by atoms with Gasteiger partial charge < -0.3 is 14.8 Å². The van der Waals surface area contributed by atoms with Gasteiger partial charge >= 0.3 is 0 Å². The summed E-state index contributed by atoms with van der Waals surface area (Å²) in [6, 6.07) is 14.6. The first-order valence-electron chi connectivity index (χ1n) is 10.7. The highest BCUT2D eigenvalue weighted by Crippen LogP contribution is 2.24. The van der Waals surface area contributed by atoms with Crippen molar-refractivity contribution in [2.75, 3.05) is 18.5 Å². The van der Waals surface area contributed by atoms with E-state index >= 15 is 0 Å². The number of amides is 1. The molecule has 0 aromatic heterocycles. The minimum atomic E-state index is -0.272. The van der Waals surface area contributed by atoms with Gasteiger partial charge in [-0.05, 0) is 61.5 Å². The van der Waals surface area contributed by atoms with Crippen molar-refractivity contribution >= 4 is 28.9 Å². The maximum Gasteiger partial charge on any atom is 0.257 e. The van der Waals surface area contributed by atoms with E-state index in [1.165, 1.54) is 19.3 Å². The van der Waals surface area contributed by atoms with Crippen molar-refractivity contribution in [3.8, 4) is 11.5 Å². The molecule has 0 bridgehead atoms. The summed E-state index contributed by atoms with van der Waals surface area (Å²) in [5.41, 5.74) is 1.25. The second-order valence-corrected chi connectivity index (χ2v) is 7.45. The summed E-state index contributed by atoms with van der Waals surface area (Å²) >= 11 is 5.30. The Balaban J connectivity index is 1.83. The van der Waals surface area contributed by atoms with E-state index in [-0.39, 0.29) is 11.0 Å². The van der Waals surface area contributed by atoms with Crippen LogP contribution < -0.4 is 20.1 Å². The smallest absolute Gasteiger partial charge is 0.257 e. The molecular weight excluding hydrogens is 396 g/mol. The summed E-state index contributed by atoms with van der Waals surface area (Å²) in [4.78, 5) is 12.5. The first-order valence-corrected chi connectivity index (χ1v) is 11.1. The van der Waals surface area contributed by atoms with Gasteiger partial charge in [0.25, 0.3) is 5.91 Å². The Kier molecular flexibility index (Phi) is 10.7. The van der Waals surface area contributed by atoms with E-state index in [0.29, 0.717) is 24.5 Å². The molecule has 2 aromatic rings. The van der Waals surface area contributed by atoms with Gasteiger partial charge in [0.2, 0.25) is 0 Å². The number of carbonyl (C=O) groups excluding carboxylic acids is 1. The maximum atomic E-state index is 12.5. The van der Waals surface area contributed by atoms with Crippen LogP contribution in [0.3, 0.4) is 0 Å². The molecule has 0 spiro atoms. The number of thiocarbonyl (C=S) groups is 1. The van der Waals surface area contributed by atoms with Gasteiger partial charge in [-0.1, -0.05) is 51.7 Å². The van der Waals surface area contributed by atoms with Crippen LogP contribution in [0, 0.1) is 0 Å². The van der Waals surface area contributed by atoms with Crippen molar-refractivity contribution in [1.29, 1.82) is 0 Å². The zero-order valence-corrected chi connectivity index (χ0v) is 18.7. The van der Waals surface area contributed by atoms with E-state index in [2.05, 4.69) is 24.5 Å². The van der Waals surface area contributed by atoms with Gasteiger partial charge in [-0.25, -0.2) is 0 Å². The molecule has 5 nitrogen and oxygen atoms in total. The van der Waals surface area contributed by atoms with Gasteiger partial charge in [0.1, 0.15) is 11.5 Å². The van der Waals surface area contributed by atoms with Crippen LogP contribution in [0.25, 0.3) is 0 Å². The molecule has 0 aliphatic heterocycles. The number of nitrogens with one attached hydrogen (secondary N) is 2. The minimum absolute atomic E-state index is 0.225. The van der Waals surface area contributed by atoms with Crippen molar-refractivity contribution < 1.29 is 14.3 Å². The Hall–Kier alpha value is -2.60. The quantitative estimate of drug-likeness (QED) is 0.323. The van der Waals surface area contributed by atoms with E-state index < -0.39 is 0 Å². The lowest BCUT2D eigenvalue weighted by Crippen LogP contribution is -2.34. The molecule has 1 amide bonds. The fourth-order valence-corrected chi connectivity index (χ4v) is 2.98. The normalized spacial score (nSPS) is 10.3. The number of benzene rings is 2. The van der Waals surface area contributed by atoms with Gasteiger partial charge in [-0.3, -0.25) is 10.1 Å². The summed E-state index contributed by atoms with van der Waals surface area (Å²) < 4.78 is 11.5. The topological polar surface area (TPSA) is 59.6 Å². The molecule has 0 radical (unpaired) electrons. The fourth-order valence-electron chi connectivity index (χ4n) is 2.77. The standard InChI is InChI=1S/C24H32N2O3S/c1-3-5-7-10-18-28-20-15-13-19(14-16-20)23(27)26-24(30)25-21-11-8-9-12-22(21)29-17-6-4-2/h8-9,11-16H,3-7,10,17-18H2,1-2H3,(H2,25,26,27,30). The molecule has 0 saturated heterocycles. The number of hydrogen-bond acceptors (Lipinski definition) is 4. The Labute approximate surface area is 185 Å². The van der Waals surface area contributed by atoms with Crippen LogP contribution in [-0.4, -0.2) is 24.2 Å². The summed E-state index contributed by atoms with van der Waals surface area (Å²) in [6.45, 7) is 5.64. The molecule has 162 valence electrons. The molecular formula is C24H32N2O3S. The van der Waals surface area contributed by atoms with Crippen molar-refractivity contribution in [1.82, 2.24) is 5.32 Å². The van der Waals surface area contributed by atoms with Gasteiger partial charge in [0.05, 0.1) is 18.9 Å². The predicted octanol–water partition coefficient (Wildman–Crippen LogP) is 5.95. The first-order chi connectivity index (χ1) is 14.6. The molecule has 6 heteroatoms. The number of unbranched alkanes of at least 4 members (excludes halogenated alkanes) is 4. The van der Waals surface area contributed by atoms with Crippen LogP contribution in [0.1, 0.15) is 62.7 Å². The summed E-state index contributed by atoms with van der Waals surface area (Å²) in [5, 5.41) is 5.98. The van der Waals surface area contributed by atoms with Crippen LogP contribution in [0.4, 0.5) is 5.69 Å². The van der Waals surface area contributed by atoms with Crippen LogP contribution in [0.5, 0.6) is 11.5 Å². The molecule has 0 heterocycles. The molecule has 2 rings (SSSR count). The molecule has 2 N–H and O–H groups in total. The number of rotatable bonds is 12. The third kappa shape index (κ3) is 8.41. The Bertz CT molecular complexity index is 793. The fraction of sp³-hybridized carbons (Fsp3) is 0.417. The average molecular weight is 429 g/mol. The van der Waals surface area contributed by atoms with E-state index in [1.807, 2.05) is 36.4 Å². The summed E-state index contributed by atoms with van der Waals surface area (Å²) in [5.74, 6) is 1.20. The minimum Gasteiger partial charge on any atom is -0.494 e. The molecule has 0 aliphatic rings. The molecule has 0 fully saturated rings. The highest BCUT2D eigenvalue weighted by molar-refractivity contribution is 7.80. The van der Waals surface area contributed by atoms with Crippen molar-refractivity contribution in [3.63, 3.8) is 0 Å². The zero-order valence-electron chi connectivity index (χ0n) is 17.9. The van der Waals surface area contributed by atoms with E-state index in [9.17, 15) is 4.79 Å². The second-order valence-electron chi connectivity index (χ2n) is 7.04. The summed E-state index contributed by atoms with van der Waals surface area (Å²) in [6.07, 6.45) is 6.69. The third-order valence-electron chi connectivity index (χ3n) is 4.50. The van der Waals surface area contributed by atoms with Crippen LogP contribution >= 0.6 is 12.2 Å². The Morgan fingerprint density at radius 1 is 0.867 bits per heavy atom. The van der Waals surface area contributed by atoms with Crippen LogP contribution in [0.2, 0.25) is 0 Å². The van der Waals surface area contributed by atoms with Crippen molar-refractivity contribution in [2.24, 2.45) is 0 Å². The number of hydrogen-bond donors (Lipinski definition) is 2. The van der Waals surface area contributed by atoms with Crippen molar-refractivity contribution in [2.45, 2.75) is 52.4 Å². The van der Waals surface area contributed by atoms with E-state index in [4.69, 9.17) is 21.7 Å². The molecule has 30 heavy (non-hydrogen) atoms.